The molecule has 4 aromatic rings. The van der Waals surface area contributed by atoms with Crippen LogP contribution in [0.15, 0.2) is 36.7 Å². The van der Waals surface area contributed by atoms with Crippen molar-refractivity contribution in [1.82, 2.24) is 19.5 Å². The van der Waals surface area contributed by atoms with Crippen molar-refractivity contribution in [3.05, 3.63) is 58.9 Å². The Labute approximate surface area is 334 Å². The molecule has 6 rings (SSSR count). The van der Waals surface area contributed by atoms with E-state index in [0.717, 1.165) is 0 Å². The van der Waals surface area contributed by atoms with E-state index < -0.39 is 70.6 Å². The van der Waals surface area contributed by atoms with Crippen LogP contribution in [-0.4, -0.2) is 85.3 Å². The summed E-state index contributed by atoms with van der Waals surface area (Å²) < 4.78 is 52.4. The van der Waals surface area contributed by atoms with E-state index in [1.54, 1.807) is 31.2 Å². The summed E-state index contributed by atoms with van der Waals surface area (Å²) in [6, 6.07) is 8.92. The van der Waals surface area contributed by atoms with Crippen LogP contribution in [0.3, 0.4) is 0 Å². The average molecular weight is 766 g/mol. The topological polar surface area (TPSA) is 274 Å². The SMILES string of the molecule is COc1c(C)c2c(c(O)c1CCOP(=O)([O-])CP(=O)([O-])OC[C@H]1O[C@@H](n3cnc4c(N)nc(-c5ccccc5)nc43)[C@H](O)[C@@H]1O)C(=O)OC2.[Na+].[Na+]. The number of esters is 1. The van der Waals surface area contributed by atoms with Gasteiger partial charge in [0.05, 0.1) is 32.6 Å². The molecule has 2 aromatic heterocycles. The molecule has 0 spiro atoms. The largest absolute Gasteiger partial charge is 1.00 e. The number of fused-ring (bicyclic) bond motifs is 2. The number of nitrogens with zero attached hydrogens (tertiary/aromatic N) is 4. The Morgan fingerprint density at radius 2 is 1.76 bits per heavy atom. The molecule has 2 unspecified atom stereocenters. The Morgan fingerprint density at radius 1 is 1.08 bits per heavy atom. The molecular weight excluding hydrogens is 734 g/mol. The number of imidazole rings is 1. The number of nitrogen functional groups attached to an aromatic ring is 1. The molecule has 2 aliphatic rings. The number of phenols is 1. The van der Waals surface area contributed by atoms with E-state index in [1.807, 2.05) is 6.07 Å². The van der Waals surface area contributed by atoms with Gasteiger partial charge in [0.2, 0.25) is 0 Å². The molecule has 18 nitrogen and oxygen atoms in total. The zero-order chi connectivity index (χ0) is 35.2. The van der Waals surface area contributed by atoms with Crippen LogP contribution in [0.1, 0.15) is 33.3 Å². The van der Waals surface area contributed by atoms with E-state index in [-0.39, 0.29) is 112 Å². The maximum absolute atomic E-state index is 12.7. The third kappa shape index (κ3) is 8.56. The van der Waals surface area contributed by atoms with Gasteiger partial charge in [0.1, 0.15) is 62.7 Å². The van der Waals surface area contributed by atoms with Crippen molar-refractivity contribution in [3.8, 4) is 22.9 Å². The molecule has 0 bridgehead atoms. The van der Waals surface area contributed by atoms with Crippen molar-refractivity contribution in [2.24, 2.45) is 0 Å². The van der Waals surface area contributed by atoms with Crippen LogP contribution < -0.4 is 79.4 Å². The van der Waals surface area contributed by atoms with E-state index in [9.17, 15) is 39.0 Å². The number of anilines is 1. The minimum atomic E-state index is -5.16. The van der Waals surface area contributed by atoms with Crippen molar-refractivity contribution in [3.63, 3.8) is 0 Å². The number of ether oxygens (including phenoxy) is 3. The summed E-state index contributed by atoms with van der Waals surface area (Å²) in [5.74, 6) is -2.23. The fourth-order valence-corrected chi connectivity index (χ4v) is 8.87. The van der Waals surface area contributed by atoms with Crippen molar-refractivity contribution in [2.45, 2.75) is 44.5 Å². The number of rotatable bonds is 12. The van der Waals surface area contributed by atoms with Gasteiger partial charge < -0.3 is 63.2 Å². The van der Waals surface area contributed by atoms with E-state index in [1.165, 1.54) is 18.0 Å². The first kappa shape index (κ1) is 41.8. The minimum absolute atomic E-state index is 0. The van der Waals surface area contributed by atoms with Crippen LogP contribution in [-0.2, 0) is 40.7 Å². The summed E-state index contributed by atoms with van der Waals surface area (Å²) in [6.07, 6.45) is -4.96. The number of aliphatic hydroxyl groups is 2. The number of carbonyl (C=O) groups excluding carboxylic acids is 1. The molecule has 4 heterocycles. The monoisotopic (exact) mass is 765 g/mol. The predicted molar refractivity (Wildman–Crippen MR) is 165 cm³/mol. The molecule has 0 aliphatic carbocycles. The number of carbonyl (C=O) groups is 1. The van der Waals surface area contributed by atoms with Crippen molar-refractivity contribution < 1.29 is 121 Å². The van der Waals surface area contributed by atoms with E-state index in [4.69, 9.17) is 29.0 Å². The molecule has 6 atom stereocenters. The van der Waals surface area contributed by atoms with Crippen LogP contribution in [0.4, 0.5) is 5.82 Å². The predicted octanol–water partition coefficient (Wildman–Crippen LogP) is -5.26. The molecule has 0 amide bonds. The molecular formula is C29H31N5Na2O13P2. The smallest absolute Gasteiger partial charge is 0.778 e. The Morgan fingerprint density at radius 3 is 2.45 bits per heavy atom. The first-order valence-corrected chi connectivity index (χ1v) is 18.2. The molecule has 2 aromatic carbocycles. The zero-order valence-electron chi connectivity index (χ0n) is 28.0. The second-order valence-electron chi connectivity index (χ2n) is 11.3. The van der Waals surface area contributed by atoms with Gasteiger partial charge in [-0.3, -0.25) is 4.57 Å². The maximum Gasteiger partial charge on any atom is 1.00 e. The number of aromatic hydroxyl groups is 1. The number of hydrogen-bond donors (Lipinski definition) is 4. The van der Waals surface area contributed by atoms with Gasteiger partial charge in [-0.15, -0.1) is 0 Å². The Bertz CT molecular complexity index is 2020. The molecule has 0 radical (unpaired) electrons. The van der Waals surface area contributed by atoms with Gasteiger partial charge in [-0.25, -0.2) is 19.7 Å². The Hall–Kier alpha value is -1.96. The summed E-state index contributed by atoms with van der Waals surface area (Å²) in [5.41, 5.74) is 8.08. The van der Waals surface area contributed by atoms with Gasteiger partial charge in [0.25, 0.3) is 0 Å². The quantitative estimate of drug-likeness (QED) is 0.0596. The van der Waals surface area contributed by atoms with Gasteiger partial charge in [0.15, 0.2) is 23.5 Å². The Kier molecular flexibility index (Phi) is 13.6. The molecule has 0 saturated carbocycles. The normalized spacial score (nSPS) is 22.0. The van der Waals surface area contributed by atoms with Gasteiger partial charge in [0, 0.05) is 23.1 Å². The van der Waals surface area contributed by atoms with Gasteiger partial charge in [-0.1, -0.05) is 30.3 Å². The molecule has 51 heavy (non-hydrogen) atoms. The molecule has 1 saturated heterocycles. The number of cyclic esters (lactones) is 1. The number of hydrogen-bond acceptors (Lipinski definition) is 17. The van der Waals surface area contributed by atoms with Crippen molar-refractivity contribution in [2.75, 3.05) is 32.0 Å². The summed E-state index contributed by atoms with van der Waals surface area (Å²) in [5, 5.41) is 32.1. The number of methoxy groups -OCH3 is 1. The molecule has 262 valence electrons. The summed E-state index contributed by atoms with van der Waals surface area (Å²) in [4.78, 5) is 50.3. The number of aliphatic hydroxyl groups excluding tert-OH is 2. The van der Waals surface area contributed by atoms with E-state index in [0.29, 0.717) is 16.7 Å². The van der Waals surface area contributed by atoms with Crippen LogP contribution in [0.25, 0.3) is 22.6 Å². The molecule has 2 aliphatic heterocycles. The van der Waals surface area contributed by atoms with Crippen molar-refractivity contribution >= 4 is 38.1 Å². The summed E-state index contributed by atoms with van der Waals surface area (Å²) in [7, 11) is -8.92. The first-order chi connectivity index (χ1) is 23.2. The number of nitrogens with two attached hydrogens (primary N) is 1. The molecule has 1 fully saturated rings. The van der Waals surface area contributed by atoms with Crippen LogP contribution in [0.2, 0.25) is 0 Å². The average Bonchev–Trinajstić information content (AvgIpc) is 3.74. The second kappa shape index (κ2) is 16.6. The van der Waals surface area contributed by atoms with Gasteiger partial charge in [-0.2, -0.15) is 0 Å². The summed E-state index contributed by atoms with van der Waals surface area (Å²) >= 11 is 0. The molecule has 5 N–H and O–H groups in total. The van der Waals surface area contributed by atoms with Gasteiger partial charge >= 0.3 is 65.1 Å². The van der Waals surface area contributed by atoms with Crippen LogP contribution >= 0.6 is 15.2 Å². The van der Waals surface area contributed by atoms with E-state index in [2.05, 4.69) is 15.0 Å². The van der Waals surface area contributed by atoms with Gasteiger partial charge in [-0.05, 0) is 12.5 Å². The third-order valence-corrected chi connectivity index (χ3v) is 12.1. The minimum Gasteiger partial charge on any atom is -0.778 e. The summed E-state index contributed by atoms with van der Waals surface area (Å²) in [6.45, 7) is 0.139. The fourth-order valence-electron chi connectivity index (χ4n) is 5.78. The van der Waals surface area contributed by atoms with E-state index >= 15 is 0 Å². The van der Waals surface area contributed by atoms with Crippen LogP contribution in [0, 0.1) is 6.92 Å². The number of aromatic nitrogens is 4. The molecule has 22 heteroatoms. The second-order valence-corrected chi connectivity index (χ2v) is 15.4. The standard InChI is InChI=1S/C29H33N5O13P2.2Na/c1-14-17-10-44-29(38)19(17)21(35)16(24(14)43-2)8-9-45-48(39,40)13-49(41,42)46-11-18-22(36)23(37)28(47-18)34-12-31-20-25(30)32-26(33-27(20)34)15-6-4-3-5-7-15;;/h3-7,12,18,22-23,28,35-37H,8-11,13H2,1-2H3,(H,39,40)(H,41,42)(H2,30,32,33);;/q;2*+1/p-2/t18-,22-,23-,28-;;/m1../s1. The third-order valence-electron chi connectivity index (χ3n) is 8.16. The van der Waals surface area contributed by atoms with Crippen LogP contribution in [0.5, 0.6) is 11.5 Å². The number of benzene rings is 2. The Balaban J connectivity index is 0.00000292. The number of phenolic OH excluding ortho intramolecular Hbond substituents is 1. The van der Waals surface area contributed by atoms with Crippen molar-refractivity contribution in [1.29, 1.82) is 0 Å². The first-order valence-electron chi connectivity index (χ1n) is 14.8. The fraction of sp³-hybridized carbons (Fsp3) is 0.379. The zero-order valence-corrected chi connectivity index (χ0v) is 33.8. The maximum atomic E-state index is 12.7.